The highest BCUT2D eigenvalue weighted by Crippen LogP contribution is 2.60. The van der Waals surface area contributed by atoms with E-state index in [2.05, 4.69) is 10.5 Å². The van der Waals surface area contributed by atoms with Crippen LogP contribution in [0.3, 0.4) is 0 Å². The molecule has 0 spiro atoms. The summed E-state index contributed by atoms with van der Waals surface area (Å²) in [6.45, 7) is 0. The van der Waals surface area contributed by atoms with E-state index in [1.807, 2.05) is 0 Å². The van der Waals surface area contributed by atoms with Gasteiger partial charge in [0.05, 0.1) is 5.41 Å². The third-order valence-electron chi connectivity index (χ3n) is 6.02. The molecular weight excluding hydrogens is 236 g/mol. The zero-order valence-corrected chi connectivity index (χ0v) is 11.7. The molecule has 5 saturated carbocycles. The summed E-state index contributed by atoms with van der Waals surface area (Å²) in [7, 11) is 0. The highest BCUT2D eigenvalue weighted by Gasteiger charge is 2.54. The third kappa shape index (κ3) is 2.02. The topological polar surface area (TPSA) is 41.5 Å². The molecule has 0 aromatic carbocycles. The van der Waals surface area contributed by atoms with Crippen LogP contribution < -0.4 is 5.43 Å². The summed E-state index contributed by atoms with van der Waals surface area (Å²) in [5.74, 6) is 2.73. The van der Waals surface area contributed by atoms with Crippen molar-refractivity contribution in [3.8, 4) is 0 Å². The Morgan fingerprint density at radius 1 is 1.00 bits per heavy atom. The fourth-order valence-corrected chi connectivity index (χ4v) is 5.53. The van der Waals surface area contributed by atoms with Crippen LogP contribution in [0.15, 0.2) is 5.10 Å². The molecule has 3 heteroatoms. The maximum absolute atomic E-state index is 12.6. The molecule has 0 unspecified atom stereocenters. The first-order valence-corrected chi connectivity index (χ1v) is 8.09. The highest BCUT2D eigenvalue weighted by atomic mass is 16.2. The van der Waals surface area contributed by atoms with Crippen molar-refractivity contribution in [2.24, 2.45) is 28.3 Å². The van der Waals surface area contributed by atoms with E-state index in [1.165, 1.54) is 37.8 Å². The Hall–Kier alpha value is -0.860. The normalized spacial score (nSPS) is 43.6. The second-order valence-corrected chi connectivity index (χ2v) is 7.52. The number of hydrogen-bond acceptors (Lipinski definition) is 2. The molecule has 4 bridgehead atoms. The van der Waals surface area contributed by atoms with Crippen molar-refractivity contribution >= 4 is 11.6 Å². The number of amides is 1. The molecule has 0 aromatic heterocycles. The number of rotatable bonds is 2. The molecule has 5 rings (SSSR count). The van der Waals surface area contributed by atoms with Gasteiger partial charge in [0.1, 0.15) is 0 Å². The molecule has 0 saturated heterocycles. The molecule has 3 nitrogen and oxygen atoms in total. The second-order valence-electron chi connectivity index (χ2n) is 7.52. The van der Waals surface area contributed by atoms with E-state index in [0.717, 1.165) is 49.9 Å². The van der Waals surface area contributed by atoms with Crippen molar-refractivity contribution in [2.45, 2.75) is 64.2 Å². The van der Waals surface area contributed by atoms with E-state index in [-0.39, 0.29) is 11.3 Å². The van der Waals surface area contributed by atoms with E-state index in [0.29, 0.717) is 0 Å². The molecule has 0 aliphatic heterocycles. The standard InChI is InChI=1S/C16H24N2O/c19-15(18-17-14-3-1-2-4-14)16-8-11-5-12(9-16)7-13(6-11)10-16/h11-13H,1-10H2,(H,18,19). The Morgan fingerprint density at radius 2 is 1.53 bits per heavy atom. The number of carbonyl (C=O) groups is 1. The van der Waals surface area contributed by atoms with Crippen molar-refractivity contribution in [1.82, 2.24) is 5.43 Å². The predicted molar refractivity (Wildman–Crippen MR) is 74.7 cm³/mol. The number of hydrogen-bond donors (Lipinski definition) is 1. The largest absolute Gasteiger partial charge is 0.273 e. The molecule has 0 radical (unpaired) electrons. The van der Waals surface area contributed by atoms with Crippen molar-refractivity contribution in [3.05, 3.63) is 0 Å². The zero-order chi connectivity index (χ0) is 12.9. The van der Waals surface area contributed by atoms with Crippen molar-refractivity contribution in [2.75, 3.05) is 0 Å². The molecule has 0 aromatic rings. The Kier molecular flexibility index (Phi) is 2.71. The lowest BCUT2D eigenvalue weighted by atomic mass is 9.49. The fourth-order valence-electron chi connectivity index (χ4n) is 5.53. The maximum Gasteiger partial charge on any atom is 0.246 e. The Labute approximate surface area is 115 Å². The van der Waals surface area contributed by atoms with Crippen molar-refractivity contribution in [1.29, 1.82) is 0 Å². The maximum atomic E-state index is 12.6. The quantitative estimate of drug-likeness (QED) is 0.761. The van der Waals surface area contributed by atoms with E-state index in [1.54, 1.807) is 0 Å². The number of carbonyl (C=O) groups excluding carboxylic acids is 1. The van der Waals surface area contributed by atoms with Crippen LogP contribution in [0, 0.1) is 23.2 Å². The number of nitrogens with zero attached hydrogens (tertiary/aromatic N) is 1. The van der Waals surface area contributed by atoms with Gasteiger partial charge >= 0.3 is 0 Å². The molecule has 5 fully saturated rings. The Balaban J connectivity index is 1.48. The van der Waals surface area contributed by atoms with Gasteiger partial charge in [-0.25, -0.2) is 5.43 Å². The summed E-state index contributed by atoms with van der Waals surface area (Å²) >= 11 is 0. The summed E-state index contributed by atoms with van der Waals surface area (Å²) in [5, 5.41) is 4.40. The average Bonchev–Trinajstić information content (AvgIpc) is 2.87. The monoisotopic (exact) mass is 260 g/mol. The van der Waals surface area contributed by atoms with Gasteiger partial charge in [-0.3, -0.25) is 4.79 Å². The Morgan fingerprint density at radius 3 is 2.05 bits per heavy atom. The zero-order valence-electron chi connectivity index (χ0n) is 11.7. The molecule has 0 atom stereocenters. The van der Waals surface area contributed by atoms with Crippen LogP contribution in [0.1, 0.15) is 64.2 Å². The van der Waals surface area contributed by atoms with E-state index < -0.39 is 0 Å². The van der Waals surface area contributed by atoms with Gasteiger partial charge in [0.2, 0.25) is 5.91 Å². The first kappa shape index (κ1) is 11.9. The van der Waals surface area contributed by atoms with Crippen LogP contribution in [0.5, 0.6) is 0 Å². The SMILES string of the molecule is O=C(NN=C1CCCC1)C12CC3CC(CC(C3)C1)C2. The highest BCUT2D eigenvalue weighted by molar-refractivity contribution is 5.89. The summed E-state index contributed by atoms with van der Waals surface area (Å²) in [5.41, 5.74) is 4.09. The first-order valence-electron chi connectivity index (χ1n) is 8.09. The van der Waals surface area contributed by atoms with E-state index in [9.17, 15) is 4.79 Å². The minimum absolute atomic E-state index is 0.0442. The van der Waals surface area contributed by atoms with Gasteiger partial charge in [0, 0.05) is 5.71 Å². The van der Waals surface area contributed by atoms with Crippen LogP contribution >= 0.6 is 0 Å². The minimum Gasteiger partial charge on any atom is -0.273 e. The minimum atomic E-state index is -0.0442. The Bertz CT molecular complexity index is 383. The number of hydrazone groups is 1. The smallest absolute Gasteiger partial charge is 0.246 e. The summed E-state index contributed by atoms with van der Waals surface area (Å²) < 4.78 is 0. The van der Waals surface area contributed by atoms with Crippen LogP contribution in [0.4, 0.5) is 0 Å². The fraction of sp³-hybridized carbons (Fsp3) is 0.875. The molecule has 104 valence electrons. The first-order chi connectivity index (χ1) is 9.23. The van der Waals surface area contributed by atoms with Gasteiger partial charge in [-0.05, 0) is 82.0 Å². The van der Waals surface area contributed by atoms with Gasteiger partial charge in [-0.1, -0.05) is 0 Å². The van der Waals surface area contributed by atoms with Crippen molar-refractivity contribution < 1.29 is 4.79 Å². The molecule has 1 N–H and O–H groups in total. The predicted octanol–water partition coefficient (Wildman–Crippen LogP) is 3.25. The van der Waals surface area contributed by atoms with Gasteiger partial charge < -0.3 is 0 Å². The molecule has 19 heavy (non-hydrogen) atoms. The van der Waals surface area contributed by atoms with Gasteiger partial charge in [-0.2, -0.15) is 5.10 Å². The summed E-state index contributed by atoms with van der Waals surface area (Å²) in [4.78, 5) is 12.6. The van der Waals surface area contributed by atoms with Crippen LogP contribution in [0.2, 0.25) is 0 Å². The van der Waals surface area contributed by atoms with Gasteiger partial charge in [-0.15, -0.1) is 0 Å². The molecule has 0 heterocycles. The lowest BCUT2D eigenvalue weighted by molar-refractivity contribution is -0.146. The van der Waals surface area contributed by atoms with Gasteiger partial charge in [0.25, 0.3) is 0 Å². The van der Waals surface area contributed by atoms with Crippen LogP contribution in [-0.4, -0.2) is 11.6 Å². The third-order valence-corrected chi connectivity index (χ3v) is 6.02. The van der Waals surface area contributed by atoms with Crippen LogP contribution in [-0.2, 0) is 4.79 Å². The van der Waals surface area contributed by atoms with Crippen LogP contribution in [0.25, 0.3) is 0 Å². The average molecular weight is 260 g/mol. The van der Waals surface area contributed by atoms with E-state index >= 15 is 0 Å². The lowest BCUT2D eigenvalue weighted by Gasteiger charge is -2.55. The molecule has 1 amide bonds. The number of nitrogens with one attached hydrogen (secondary N) is 1. The summed E-state index contributed by atoms with van der Waals surface area (Å²) in [6, 6.07) is 0. The lowest BCUT2D eigenvalue weighted by Crippen LogP contribution is -2.52. The van der Waals surface area contributed by atoms with Crippen molar-refractivity contribution in [3.63, 3.8) is 0 Å². The van der Waals surface area contributed by atoms with E-state index in [4.69, 9.17) is 0 Å². The molecule has 5 aliphatic rings. The summed E-state index contributed by atoms with van der Waals surface area (Å²) in [6.07, 6.45) is 12.2. The van der Waals surface area contributed by atoms with Gasteiger partial charge in [0.15, 0.2) is 0 Å². The second kappa shape index (κ2) is 4.32. The molecule has 5 aliphatic carbocycles. The molecular formula is C16H24N2O.